The summed E-state index contributed by atoms with van der Waals surface area (Å²) in [7, 11) is 0. The molecule has 0 saturated heterocycles. The van der Waals surface area contributed by atoms with E-state index in [1.165, 1.54) is 23.4 Å². The SMILES string of the molecule is CC(C)CC(N)Cc1ncnc2c1CCC2. The predicted octanol–water partition coefficient (Wildman–Crippen LogP) is 1.88. The monoisotopic (exact) mass is 219 g/mol. The normalized spacial score (nSPS) is 16.5. The highest BCUT2D eigenvalue weighted by atomic mass is 14.9. The number of nitrogens with zero attached hydrogens (tertiary/aromatic N) is 2. The van der Waals surface area contributed by atoms with Crippen molar-refractivity contribution in [1.29, 1.82) is 0 Å². The molecule has 0 aliphatic heterocycles. The van der Waals surface area contributed by atoms with Crippen molar-refractivity contribution < 1.29 is 0 Å². The molecule has 2 N–H and O–H groups in total. The van der Waals surface area contributed by atoms with Gasteiger partial charge in [0.05, 0.1) is 0 Å². The molecule has 2 rings (SSSR count). The Hall–Kier alpha value is -0.960. The summed E-state index contributed by atoms with van der Waals surface area (Å²) in [6.07, 6.45) is 7.15. The molecule has 1 aromatic heterocycles. The number of aryl methyl sites for hydroxylation is 1. The Labute approximate surface area is 97.5 Å². The van der Waals surface area contributed by atoms with Crippen LogP contribution in [0.5, 0.6) is 0 Å². The Balaban J connectivity index is 2.07. The highest BCUT2D eigenvalue weighted by Crippen LogP contribution is 2.23. The second-order valence-corrected chi connectivity index (χ2v) is 5.19. The number of hydrogen-bond acceptors (Lipinski definition) is 3. The predicted molar refractivity (Wildman–Crippen MR) is 65.2 cm³/mol. The molecule has 1 atom stereocenters. The molecule has 1 heterocycles. The van der Waals surface area contributed by atoms with Crippen molar-refractivity contribution >= 4 is 0 Å². The van der Waals surface area contributed by atoms with Crippen LogP contribution in [0.15, 0.2) is 6.33 Å². The molecule has 0 fully saturated rings. The fourth-order valence-corrected chi connectivity index (χ4v) is 2.54. The first-order valence-electron chi connectivity index (χ1n) is 6.24. The molecule has 1 aliphatic carbocycles. The van der Waals surface area contributed by atoms with E-state index in [2.05, 4.69) is 23.8 Å². The lowest BCUT2D eigenvalue weighted by molar-refractivity contribution is 0.489. The van der Waals surface area contributed by atoms with Gasteiger partial charge in [-0.25, -0.2) is 9.97 Å². The van der Waals surface area contributed by atoms with Gasteiger partial charge in [-0.05, 0) is 37.2 Å². The van der Waals surface area contributed by atoms with Crippen molar-refractivity contribution in [2.24, 2.45) is 11.7 Å². The molecule has 1 unspecified atom stereocenters. The van der Waals surface area contributed by atoms with Crippen LogP contribution in [0.1, 0.15) is 43.6 Å². The third-order valence-electron chi connectivity index (χ3n) is 3.19. The summed E-state index contributed by atoms with van der Waals surface area (Å²) in [4.78, 5) is 8.74. The smallest absolute Gasteiger partial charge is 0.115 e. The number of fused-ring (bicyclic) bond motifs is 1. The summed E-state index contributed by atoms with van der Waals surface area (Å²) < 4.78 is 0. The van der Waals surface area contributed by atoms with Gasteiger partial charge in [0.15, 0.2) is 0 Å². The van der Waals surface area contributed by atoms with Gasteiger partial charge in [0, 0.05) is 23.9 Å². The Morgan fingerprint density at radius 1 is 1.31 bits per heavy atom. The standard InChI is InChI=1S/C13H21N3/c1-9(2)6-10(14)7-13-11-4-3-5-12(11)15-8-16-13/h8-10H,3-7,14H2,1-2H3. The van der Waals surface area contributed by atoms with E-state index < -0.39 is 0 Å². The van der Waals surface area contributed by atoms with Crippen molar-refractivity contribution in [3.05, 3.63) is 23.3 Å². The molecular formula is C13H21N3. The zero-order chi connectivity index (χ0) is 11.5. The van der Waals surface area contributed by atoms with E-state index in [4.69, 9.17) is 5.73 Å². The maximum atomic E-state index is 6.14. The molecule has 1 aliphatic rings. The molecule has 0 amide bonds. The summed E-state index contributed by atoms with van der Waals surface area (Å²) in [5, 5.41) is 0. The van der Waals surface area contributed by atoms with Crippen LogP contribution in [-0.2, 0) is 19.3 Å². The topological polar surface area (TPSA) is 51.8 Å². The summed E-state index contributed by atoms with van der Waals surface area (Å²) >= 11 is 0. The van der Waals surface area contributed by atoms with E-state index in [1.807, 2.05) is 0 Å². The fraction of sp³-hybridized carbons (Fsp3) is 0.692. The van der Waals surface area contributed by atoms with Crippen LogP contribution in [0, 0.1) is 5.92 Å². The molecular weight excluding hydrogens is 198 g/mol. The van der Waals surface area contributed by atoms with E-state index in [-0.39, 0.29) is 6.04 Å². The van der Waals surface area contributed by atoms with Gasteiger partial charge in [-0.1, -0.05) is 13.8 Å². The molecule has 0 bridgehead atoms. The van der Waals surface area contributed by atoms with E-state index in [0.717, 1.165) is 25.7 Å². The number of aromatic nitrogens is 2. The lowest BCUT2D eigenvalue weighted by atomic mass is 9.98. The minimum absolute atomic E-state index is 0.236. The zero-order valence-electron chi connectivity index (χ0n) is 10.2. The number of rotatable bonds is 4. The highest BCUT2D eigenvalue weighted by Gasteiger charge is 2.18. The quantitative estimate of drug-likeness (QED) is 0.841. The van der Waals surface area contributed by atoms with Gasteiger partial charge in [0.25, 0.3) is 0 Å². The molecule has 1 aromatic rings. The highest BCUT2D eigenvalue weighted by molar-refractivity contribution is 5.29. The van der Waals surface area contributed by atoms with Gasteiger partial charge in [-0.15, -0.1) is 0 Å². The first kappa shape index (κ1) is 11.5. The molecule has 88 valence electrons. The Morgan fingerprint density at radius 2 is 2.12 bits per heavy atom. The van der Waals surface area contributed by atoms with Gasteiger partial charge in [0.1, 0.15) is 6.33 Å². The van der Waals surface area contributed by atoms with Gasteiger partial charge in [-0.2, -0.15) is 0 Å². The Morgan fingerprint density at radius 3 is 2.88 bits per heavy atom. The first-order chi connectivity index (χ1) is 7.66. The first-order valence-corrected chi connectivity index (χ1v) is 6.24. The summed E-state index contributed by atoms with van der Waals surface area (Å²) in [6.45, 7) is 4.43. The van der Waals surface area contributed by atoms with Crippen LogP contribution in [-0.4, -0.2) is 16.0 Å². The molecule has 3 heteroatoms. The van der Waals surface area contributed by atoms with Crippen molar-refractivity contribution in [3.63, 3.8) is 0 Å². The Bertz CT molecular complexity index is 360. The van der Waals surface area contributed by atoms with Crippen LogP contribution >= 0.6 is 0 Å². The van der Waals surface area contributed by atoms with Crippen molar-refractivity contribution in [2.45, 2.75) is 52.0 Å². The second kappa shape index (κ2) is 4.91. The van der Waals surface area contributed by atoms with E-state index in [1.54, 1.807) is 6.33 Å². The van der Waals surface area contributed by atoms with Crippen LogP contribution in [0.2, 0.25) is 0 Å². The van der Waals surface area contributed by atoms with E-state index >= 15 is 0 Å². The summed E-state index contributed by atoms with van der Waals surface area (Å²) in [5.41, 5.74) is 9.96. The van der Waals surface area contributed by atoms with Gasteiger partial charge in [0.2, 0.25) is 0 Å². The van der Waals surface area contributed by atoms with E-state index in [0.29, 0.717) is 5.92 Å². The molecule has 0 saturated carbocycles. The largest absolute Gasteiger partial charge is 0.327 e. The van der Waals surface area contributed by atoms with Crippen LogP contribution in [0.3, 0.4) is 0 Å². The average molecular weight is 219 g/mol. The van der Waals surface area contributed by atoms with Gasteiger partial charge in [-0.3, -0.25) is 0 Å². The van der Waals surface area contributed by atoms with E-state index in [9.17, 15) is 0 Å². The van der Waals surface area contributed by atoms with Crippen LogP contribution in [0.25, 0.3) is 0 Å². The fourth-order valence-electron chi connectivity index (χ4n) is 2.54. The molecule has 16 heavy (non-hydrogen) atoms. The Kier molecular flexibility index (Phi) is 3.54. The molecule has 0 radical (unpaired) electrons. The third kappa shape index (κ3) is 2.59. The number of nitrogens with two attached hydrogens (primary N) is 1. The van der Waals surface area contributed by atoms with Crippen LogP contribution in [0.4, 0.5) is 0 Å². The molecule has 0 aromatic carbocycles. The third-order valence-corrected chi connectivity index (χ3v) is 3.19. The minimum Gasteiger partial charge on any atom is -0.327 e. The van der Waals surface area contributed by atoms with Crippen molar-refractivity contribution in [1.82, 2.24) is 9.97 Å². The van der Waals surface area contributed by atoms with Gasteiger partial charge >= 0.3 is 0 Å². The molecule has 0 spiro atoms. The minimum atomic E-state index is 0.236. The average Bonchev–Trinajstić information content (AvgIpc) is 2.65. The zero-order valence-corrected chi connectivity index (χ0v) is 10.2. The second-order valence-electron chi connectivity index (χ2n) is 5.19. The lowest BCUT2D eigenvalue weighted by Gasteiger charge is -2.15. The molecule has 3 nitrogen and oxygen atoms in total. The summed E-state index contributed by atoms with van der Waals surface area (Å²) in [6, 6.07) is 0.236. The number of hydrogen-bond donors (Lipinski definition) is 1. The van der Waals surface area contributed by atoms with Gasteiger partial charge < -0.3 is 5.73 Å². The van der Waals surface area contributed by atoms with Crippen molar-refractivity contribution in [3.8, 4) is 0 Å². The van der Waals surface area contributed by atoms with Crippen LogP contribution < -0.4 is 5.73 Å². The maximum Gasteiger partial charge on any atom is 0.115 e. The summed E-state index contributed by atoms with van der Waals surface area (Å²) in [5.74, 6) is 0.657. The maximum absolute atomic E-state index is 6.14. The lowest BCUT2D eigenvalue weighted by Crippen LogP contribution is -2.25. The van der Waals surface area contributed by atoms with Crippen molar-refractivity contribution in [2.75, 3.05) is 0 Å².